The summed E-state index contributed by atoms with van der Waals surface area (Å²) in [6, 6.07) is 0. The molecule has 0 aromatic rings. The van der Waals surface area contributed by atoms with Gasteiger partial charge in [0.15, 0.2) is 16.9 Å². The Morgan fingerprint density at radius 2 is 1.87 bits per heavy atom. The van der Waals surface area contributed by atoms with E-state index in [0.29, 0.717) is 0 Å². The summed E-state index contributed by atoms with van der Waals surface area (Å²) in [6.07, 6.45) is 5.06. The maximum absolute atomic E-state index is 12.8. The Labute approximate surface area is 133 Å². The largest absolute Gasteiger partial charge is 0.743 e. The topological polar surface area (TPSA) is 102 Å². The Morgan fingerprint density at radius 1 is 1.26 bits per heavy atom. The molecule has 0 spiro atoms. The Kier molecular flexibility index (Phi) is 7.52. The van der Waals surface area contributed by atoms with Gasteiger partial charge in [0.25, 0.3) is 0 Å². The smallest absolute Gasteiger partial charge is 0.357 e. The first-order valence-corrected chi connectivity index (χ1v) is 8.42. The Balaban J connectivity index is 2.22. The van der Waals surface area contributed by atoms with Gasteiger partial charge in [0.2, 0.25) is 0 Å². The molecule has 0 aromatic carbocycles. The van der Waals surface area contributed by atoms with Gasteiger partial charge < -0.3 is 18.8 Å². The van der Waals surface area contributed by atoms with Crippen molar-refractivity contribution in [1.82, 2.24) is 0 Å². The molecule has 1 aliphatic carbocycles. The second-order valence-corrected chi connectivity index (χ2v) is 6.67. The molecule has 7 nitrogen and oxygen atoms in total. The summed E-state index contributed by atoms with van der Waals surface area (Å²) >= 11 is 0. The van der Waals surface area contributed by atoms with Crippen molar-refractivity contribution in [3.05, 3.63) is 12.2 Å². The van der Waals surface area contributed by atoms with Gasteiger partial charge in [-0.1, -0.05) is 25.8 Å². The van der Waals surface area contributed by atoms with Crippen LogP contribution in [-0.2, 0) is 29.1 Å². The van der Waals surface area contributed by atoms with Gasteiger partial charge in [-0.05, 0) is 12.8 Å². The van der Waals surface area contributed by atoms with E-state index in [1.165, 1.54) is 0 Å². The predicted molar refractivity (Wildman–Crippen MR) is 73.5 cm³/mol. The maximum Gasteiger partial charge on any atom is 0.357 e. The lowest BCUT2D eigenvalue weighted by Crippen LogP contribution is -2.34. The van der Waals surface area contributed by atoms with E-state index in [1.807, 2.05) is 0 Å². The number of alkyl halides is 2. The quantitative estimate of drug-likeness (QED) is 0.267. The van der Waals surface area contributed by atoms with E-state index in [9.17, 15) is 26.5 Å². The summed E-state index contributed by atoms with van der Waals surface area (Å²) in [4.78, 5) is 11.5. The van der Waals surface area contributed by atoms with E-state index in [-0.39, 0.29) is 18.5 Å². The van der Waals surface area contributed by atoms with Gasteiger partial charge in [0.1, 0.15) is 6.61 Å². The van der Waals surface area contributed by atoms with Crippen LogP contribution in [0, 0.1) is 0 Å². The lowest BCUT2D eigenvalue weighted by molar-refractivity contribution is -0.158. The molecule has 0 aliphatic heterocycles. The molecule has 10 heteroatoms. The number of halogens is 2. The minimum Gasteiger partial charge on any atom is -0.743 e. The van der Waals surface area contributed by atoms with E-state index >= 15 is 0 Å². The summed E-state index contributed by atoms with van der Waals surface area (Å²) in [5.74, 6) is -0.908. The van der Waals surface area contributed by atoms with Crippen LogP contribution in [0.15, 0.2) is 12.2 Å². The number of hydrogen-bond acceptors (Lipinski definition) is 7. The minimum absolute atomic E-state index is 0.0296. The first-order chi connectivity index (χ1) is 10.6. The van der Waals surface area contributed by atoms with Crippen molar-refractivity contribution in [3.63, 3.8) is 0 Å². The maximum atomic E-state index is 12.8. The van der Waals surface area contributed by atoms with Crippen molar-refractivity contribution in [3.8, 4) is 0 Å². The minimum atomic E-state index is -5.82. The molecule has 0 aromatic heterocycles. The zero-order chi connectivity index (χ0) is 17.5. The van der Waals surface area contributed by atoms with Crippen LogP contribution in [0.4, 0.5) is 8.78 Å². The third kappa shape index (κ3) is 6.90. The second kappa shape index (κ2) is 8.67. The van der Waals surface area contributed by atoms with Crippen LogP contribution in [0.1, 0.15) is 32.1 Å². The molecule has 1 aliphatic rings. The van der Waals surface area contributed by atoms with Crippen molar-refractivity contribution in [2.75, 3.05) is 20.0 Å². The van der Waals surface area contributed by atoms with Gasteiger partial charge in [0, 0.05) is 0 Å². The molecule has 0 radical (unpaired) electrons. The van der Waals surface area contributed by atoms with Gasteiger partial charge in [-0.2, -0.15) is 8.78 Å². The Hall–Kier alpha value is -1.10. The highest BCUT2D eigenvalue weighted by atomic mass is 32.2. The molecule has 134 valence electrons. The second-order valence-electron chi connectivity index (χ2n) is 5.16. The van der Waals surface area contributed by atoms with E-state index < -0.39 is 34.6 Å². The van der Waals surface area contributed by atoms with Crippen LogP contribution >= 0.6 is 0 Å². The average molecular weight is 357 g/mol. The average Bonchev–Trinajstić information content (AvgIpc) is 2.46. The summed E-state index contributed by atoms with van der Waals surface area (Å²) in [7, 11) is -5.82. The van der Waals surface area contributed by atoms with Gasteiger partial charge in [-0.25, -0.2) is 13.2 Å². The van der Waals surface area contributed by atoms with Gasteiger partial charge in [0.05, 0.1) is 18.3 Å². The standard InChI is InChI=1S/C13H20F2O7S/c1-10(7-20-8-13(14,15)23(17,18)19)12(16)22-9-21-11-5-3-2-4-6-11/h11H,1-9H2,(H,17,18,19)/p-1. The molecule has 0 heterocycles. The number of hydrogen-bond donors (Lipinski definition) is 0. The third-order valence-corrected chi connectivity index (χ3v) is 4.10. The van der Waals surface area contributed by atoms with Gasteiger partial charge in [-0.3, -0.25) is 0 Å². The molecular formula is C13H19F2O7S-. The van der Waals surface area contributed by atoms with E-state index in [2.05, 4.69) is 11.3 Å². The fraction of sp³-hybridized carbons (Fsp3) is 0.769. The predicted octanol–water partition coefficient (Wildman–Crippen LogP) is 1.55. The molecule has 0 bridgehead atoms. The number of carbonyl (C=O) groups excluding carboxylic acids is 1. The Bertz CT molecular complexity index is 512. The highest BCUT2D eigenvalue weighted by molar-refractivity contribution is 7.86. The third-order valence-electron chi connectivity index (χ3n) is 3.25. The summed E-state index contributed by atoms with van der Waals surface area (Å²) in [5.41, 5.74) is -0.295. The molecule has 23 heavy (non-hydrogen) atoms. The highest BCUT2D eigenvalue weighted by Gasteiger charge is 2.38. The van der Waals surface area contributed by atoms with E-state index in [0.717, 1.165) is 32.1 Å². The molecule has 1 rings (SSSR count). The summed E-state index contributed by atoms with van der Waals surface area (Å²) in [5, 5.41) is -4.57. The fourth-order valence-electron chi connectivity index (χ4n) is 1.94. The number of carbonyl (C=O) groups is 1. The van der Waals surface area contributed by atoms with Gasteiger partial charge >= 0.3 is 11.2 Å². The van der Waals surface area contributed by atoms with Crippen molar-refractivity contribution in [1.29, 1.82) is 0 Å². The van der Waals surface area contributed by atoms with Gasteiger partial charge in [-0.15, -0.1) is 0 Å². The van der Waals surface area contributed by atoms with Crippen molar-refractivity contribution >= 4 is 16.1 Å². The first kappa shape index (κ1) is 19.9. The zero-order valence-electron chi connectivity index (χ0n) is 12.5. The monoisotopic (exact) mass is 357 g/mol. The highest BCUT2D eigenvalue weighted by Crippen LogP contribution is 2.21. The molecule has 0 N–H and O–H groups in total. The van der Waals surface area contributed by atoms with Crippen LogP contribution in [-0.4, -0.2) is 50.3 Å². The molecule has 0 amide bonds. The Morgan fingerprint density at radius 3 is 2.43 bits per heavy atom. The lowest BCUT2D eigenvalue weighted by atomic mass is 9.98. The van der Waals surface area contributed by atoms with Crippen LogP contribution in [0.5, 0.6) is 0 Å². The lowest BCUT2D eigenvalue weighted by Gasteiger charge is -2.22. The van der Waals surface area contributed by atoms with E-state index in [1.54, 1.807) is 0 Å². The molecule has 0 unspecified atom stereocenters. The summed E-state index contributed by atoms with van der Waals surface area (Å²) < 4.78 is 70.7. The molecule has 0 atom stereocenters. The molecule has 1 saturated carbocycles. The number of ether oxygens (including phenoxy) is 3. The number of rotatable bonds is 9. The van der Waals surface area contributed by atoms with Crippen molar-refractivity contribution in [2.24, 2.45) is 0 Å². The normalized spacial score (nSPS) is 17.0. The SMILES string of the molecule is C=C(COCC(F)(F)S(=O)(=O)[O-])C(=O)OCOC1CCCCC1. The van der Waals surface area contributed by atoms with Crippen molar-refractivity contribution < 1.29 is 40.8 Å². The van der Waals surface area contributed by atoms with E-state index in [4.69, 9.17) is 9.47 Å². The van der Waals surface area contributed by atoms with Crippen LogP contribution in [0.2, 0.25) is 0 Å². The first-order valence-electron chi connectivity index (χ1n) is 7.01. The molecule has 1 fully saturated rings. The molecule has 0 saturated heterocycles. The zero-order valence-corrected chi connectivity index (χ0v) is 13.3. The van der Waals surface area contributed by atoms with Crippen molar-refractivity contribution in [2.45, 2.75) is 43.5 Å². The van der Waals surface area contributed by atoms with Crippen LogP contribution in [0.25, 0.3) is 0 Å². The van der Waals surface area contributed by atoms with Crippen LogP contribution < -0.4 is 0 Å². The molecular weight excluding hydrogens is 338 g/mol. The summed E-state index contributed by atoms with van der Waals surface area (Å²) in [6.45, 7) is 0.640. The number of esters is 1. The van der Waals surface area contributed by atoms with Crippen LogP contribution in [0.3, 0.4) is 0 Å². The fourth-order valence-corrected chi connectivity index (χ4v) is 2.17.